The number of amides is 2. The number of carbonyl (C=O) groups excluding carboxylic acids is 2. The van der Waals surface area contributed by atoms with E-state index in [0.717, 1.165) is 12.8 Å². The molecule has 2 N–H and O–H groups in total. The number of pyridine rings is 1. The smallest absolute Gasteiger partial charge is 0.276 e. The lowest BCUT2D eigenvalue weighted by atomic mass is 10.0. The topological polar surface area (TPSA) is 112 Å². The summed E-state index contributed by atoms with van der Waals surface area (Å²) in [6, 6.07) is 10.6. The van der Waals surface area contributed by atoms with Crippen LogP contribution in [-0.4, -0.2) is 46.6 Å². The van der Waals surface area contributed by atoms with Gasteiger partial charge in [0, 0.05) is 24.4 Å². The predicted octanol–water partition coefficient (Wildman–Crippen LogP) is 2.49. The van der Waals surface area contributed by atoms with Crippen LogP contribution in [0.15, 0.2) is 40.9 Å². The molecular weight excluding hydrogens is 372 g/mol. The predicted molar refractivity (Wildman–Crippen MR) is 105 cm³/mol. The van der Waals surface area contributed by atoms with E-state index in [2.05, 4.69) is 10.1 Å². The number of fused-ring (bicyclic) bond motifs is 1. The molecule has 8 nitrogen and oxygen atoms in total. The number of hydrogen-bond acceptors (Lipinski definition) is 6. The van der Waals surface area contributed by atoms with Gasteiger partial charge in [-0.3, -0.25) is 9.59 Å². The molecule has 2 aromatic heterocycles. The van der Waals surface area contributed by atoms with Crippen molar-refractivity contribution < 1.29 is 18.8 Å². The second kappa shape index (κ2) is 8.00. The molecule has 8 heteroatoms. The maximum atomic E-state index is 12.8. The number of aromatic nitrogens is 2. The first-order valence-electron chi connectivity index (χ1n) is 9.62. The van der Waals surface area contributed by atoms with Crippen molar-refractivity contribution in [1.82, 2.24) is 15.0 Å². The van der Waals surface area contributed by atoms with Crippen LogP contribution in [-0.2, 0) is 11.2 Å². The van der Waals surface area contributed by atoms with Crippen LogP contribution >= 0.6 is 0 Å². The van der Waals surface area contributed by atoms with Crippen molar-refractivity contribution in [2.45, 2.75) is 25.9 Å². The second-order valence-corrected chi connectivity index (χ2v) is 7.02. The highest BCUT2D eigenvalue weighted by Gasteiger charge is 2.29. The minimum Gasteiger partial charge on any atom is -0.368 e. The van der Waals surface area contributed by atoms with Crippen molar-refractivity contribution in [3.8, 4) is 0 Å². The Morgan fingerprint density at radius 3 is 2.90 bits per heavy atom. The Hall–Kier alpha value is -3.26. The van der Waals surface area contributed by atoms with Gasteiger partial charge in [-0.1, -0.05) is 30.3 Å². The molecule has 0 bridgehead atoms. The van der Waals surface area contributed by atoms with Crippen LogP contribution in [0.4, 0.5) is 0 Å². The maximum absolute atomic E-state index is 12.8. The Kier molecular flexibility index (Phi) is 5.26. The lowest BCUT2D eigenvalue weighted by Crippen LogP contribution is -2.42. The number of nitrogens with zero attached hydrogens (tertiary/aromatic N) is 3. The number of benzene rings is 1. The number of hydrogen-bond donors (Lipinski definition) is 1. The monoisotopic (exact) mass is 394 g/mol. The van der Waals surface area contributed by atoms with Gasteiger partial charge >= 0.3 is 0 Å². The first kappa shape index (κ1) is 19.1. The molecule has 0 aliphatic carbocycles. The van der Waals surface area contributed by atoms with E-state index in [0.29, 0.717) is 53.3 Å². The van der Waals surface area contributed by atoms with Gasteiger partial charge in [-0.05, 0) is 18.6 Å². The molecule has 2 amide bonds. The SMILES string of the molecule is CCCc1cc(C(=O)N2CCOC(c3cc(C(N)=O)c4ccccc4n3)C2)no1. The molecule has 0 radical (unpaired) electrons. The maximum Gasteiger partial charge on any atom is 0.276 e. The quantitative estimate of drug-likeness (QED) is 0.712. The zero-order valence-electron chi connectivity index (χ0n) is 16.1. The van der Waals surface area contributed by atoms with E-state index in [1.54, 1.807) is 17.0 Å². The van der Waals surface area contributed by atoms with E-state index < -0.39 is 12.0 Å². The summed E-state index contributed by atoms with van der Waals surface area (Å²) >= 11 is 0. The molecule has 3 aromatic rings. The number of nitrogens with two attached hydrogens (primary N) is 1. The number of morpholine rings is 1. The summed E-state index contributed by atoms with van der Waals surface area (Å²) in [5.41, 5.74) is 7.47. The molecule has 1 aliphatic heterocycles. The Morgan fingerprint density at radius 1 is 1.28 bits per heavy atom. The third kappa shape index (κ3) is 3.84. The summed E-state index contributed by atoms with van der Waals surface area (Å²) in [7, 11) is 0. The average Bonchev–Trinajstić information content (AvgIpc) is 3.21. The van der Waals surface area contributed by atoms with Crippen LogP contribution in [0, 0.1) is 0 Å². The Morgan fingerprint density at radius 2 is 2.10 bits per heavy atom. The lowest BCUT2D eigenvalue weighted by Gasteiger charge is -2.32. The zero-order chi connectivity index (χ0) is 20.4. The molecule has 0 spiro atoms. The van der Waals surface area contributed by atoms with Gasteiger partial charge in [0.2, 0.25) is 5.91 Å². The highest BCUT2D eigenvalue weighted by atomic mass is 16.5. The number of rotatable bonds is 5. The standard InChI is InChI=1S/C21H22N4O4/c1-2-5-13-10-18(24-29-13)21(27)25-8-9-28-19(12-25)17-11-15(20(22)26)14-6-3-4-7-16(14)23-17/h3-4,6-7,10-11,19H,2,5,8-9,12H2,1H3,(H2,22,26). The lowest BCUT2D eigenvalue weighted by molar-refractivity contribution is -0.0249. The van der Waals surface area contributed by atoms with Crippen LogP contribution in [0.2, 0.25) is 0 Å². The molecule has 1 aromatic carbocycles. The van der Waals surface area contributed by atoms with Gasteiger partial charge in [0.25, 0.3) is 5.91 Å². The van der Waals surface area contributed by atoms with Crippen LogP contribution in [0.3, 0.4) is 0 Å². The van der Waals surface area contributed by atoms with E-state index in [-0.39, 0.29) is 5.91 Å². The van der Waals surface area contributed by atoms with E-state index in [4.69, 9.17) is 15.0 Å². The van der Waals surface area contributed by atoms with Gasteiger partial charge in [-0.2, -0.15) is 0 Å². The summed E-state index contributed by atoms with van der Waals surface area (Å²) in [6.07, 6.45) is 1.19. The molecular formula is C21H22N4O4. The molecule has 1 aliphatic rings. The fourth-order valence-corrected chi connectivity index (χ4v) is 3.52. The van der Waals surface area contributed by atoms with Gasteiger partial charge in [0.15, 0.2) is 5.69 Å². The van der Waals surface area contributed by atoms with Crippen molar-refractivity contribution in [2.24, 2.45) is 5.73 Å². The average molecular weight is 394 g/mol. The number of ether oxygens (including phenoxy) is 1. The molecule has 3 heterocycles. The van der Waals surface area contributed by atoms with Gasteiger partial charge in [-0.25, -0.2) is 4.98 Å². The number of aryl methyl sites for hydroxylation is 1. The van der Waals surface area contributed by atoms with Gasteiger partial charge in [0.05, 0.1) is 29.9 Å². The van der Waals surface area contributed by atoms with Crippen molar-refractivity contribution in [2.75, 3.05) is 19.7 Å². The number of carbonyl (C=O) groups is 2. The molecule has 29 heavy (non-hydrogen) atoms. The summed E-state index contributed by atoms with van der Waals surface area (Å²) < 4.78 is 11.1. The molecule has 1 fully saturated rings. The van der Waals surface area contributed by atoms with Crippen molar-refractivity contribution in [3.63, 3.8) is 0 Å². The third-order valence-electron chi connectivity index (χ3n) is 4.96. The first-order valence-corrected chi connectivity index (χ1v) is 9.62. The zero-order valence-corrected chi connectivity index (χ0v) is 16.1. The number of primary amides is 1. The van der Waals surface area contributed by atoms with Crippen LogP contribution in [0.1, 0.15) is 51.7 Å². The van der Waals surface area contributed by atoms with E-state index >= 15 is 0 Å². The Labute approximate surface area is 167 Å². The molecule has 1 atom stereocenters. The van der Waals surface area contributed by atoms with Gasteiger partial charge in [0.1, 0.15) is 11.9 Å². The Bertz CT molecular complexity index is 1060. The fraction of sp³-hybridized carbons (Fsp3) is 0.333. The first-order chi connectivity index (χ1) is 14.1. The number of para-hydroxylation sites is 1. The van der Waals surface area contributed by atoms with Crippen molar-refractivity contribution in [3.05, 3.63) is 59.1 Å². The normalized spacial score (nSPS) is 16.9. The van der Waals surface area contributed by atoms with Crippen molar-refractivity contribution in [1.29, 1.82) is 0 Å². The van der Waals surface area contributed by atoms with Crippen LogP contribution in [0.5, 0.6) is 0 Å². The van der Waals surface area contributed by atoms with E-state index in [1.165, 1.54) is 0 Å². The van der Waals surface area contributed by atoms with Crippen LogP contribution in [0.25, 0.3) is 10.9 Å². The highest BCUT2D eigenvalue weighted by molar-refractivity contribution is 6.05. The summed E-state index contributed by atoms with van der Waals surface area (Å²) in [5, 5.41) is 4.60. The Balaban J connectivity index is 1.59. The minimum absolute atomic E-state index is 0.208. The molecule has 150 valence electrons. The van der Waals surface area contributed by atoms with Crippen molar-refractivity contribution >= 4 is 22.7 Å². The minimum atomic E-state index is -0.528. The van der Waals surface area contributed by atoms with Gasteiger partial charge in [-0.15, -0.1) is 0 Å². The largest absolute Gasteiger partial charge is 0.368 e. The van der Waals surface area contributed by atoms with Crippen LogP contribution < -0.4 is 5.73 Å². The summed E-state index contributed by atoms with van der Waals surface area (Å²) in [6.45, 7) is 3.14. The third-order valence-corrected chi connectivity index (χ3v) is 4.96. The van der Waals surface area contributed by atoms with Gasteiger partial charge < -0.3 is 19.9 Å². The van der Waals surface area contributed by atoms with E-state index in [1.807, 2.05) is 31.2 Å². The molecule has 1 unspecified atom stereocenters. The van der Waals surface area contributed by atoms with E-state index in [9.17, 15) is 9.59 Å². The highest BCUT2D eigenvalue weighted by Crippen LogP contribution is 2.26. The summed E-state index contributed by atoms with van der Waals surface area (Å²) in [5.74, 6) is -0.0390. The summed E-state index contributed by atoms with van der Waals surface area (Å²) in [4.78, 5) is 31.1. The second-order valence-electron chi connectivity index (χ2n) is 7.02. The molecule has 4 rings (SSSR count). The molecule has 0 saturated carbocycles. The molecule has 1 saturated heterocycles. The fourth-order valence-electron chi connectivity index (χ4n) is 3.52.